The number of aliphatic hydroxyl groups is 1. The van der Waals surface area contributed by atoms with Crippen LogP contribution in [0.4, 0.5) is 0 Å². The SMILES string of the molecule is Cn1nccc1/C=C/C(=O)N1CCCC1CO. The van der Waals surface area contributed by atoms with Crippen LogP contribution in [0.15, 0.2) is 18.3 Å². The van der Waals surface area contributed by atoms with E-state index in [0.717, 1.165) is 25.1 Å². The van der Waals surface area contributed by atoms with Gasteiger partial charge >= 0.3 is 0 Å². The van der Waals surface area contributed by atoms with Gasteiger partial charge in [-0.25, -0.2) is 0 Å². The maximum absolute atomic E-state index is 11.9. The molecule has 1 saturated heterocycles. The van der Waals surface area contributed by atoms with Crippen molar-refractivity contribution < 1.29 is 9.90 Å². The maximum Gasteiger partial charge on any atom is 0.246 e. The molecule has 1 amide bonds. The zero-order chi connectivity index (χ0) is 12.3. The standard InChI is InChI=1S/C12H17N3O2/c1-14-10(6-7-13-14)4-5-12(17)15-8-2-3-11(15)9-16/h4-7,11,16H,2-3,8-9H2,1H3/b5-4+. The molecule has 0 radical (unpaired) electrons. The van der Waals surface area contributed by atoms with E-state index in [2.05, 4.69) is 5.10 Å². The van der Waals surface area contributed by atoms with Crippen molar-refractivity contribution in [3.05, 3.63) is 24.0 Å². The Bertz CT molecular complexity index is 425. The molecule has 0 spiro atoms. The average Bonchev–Trinajstić information content (AvgIpc) is 2.94. The molecule has 0 aromatic carbocycles. The third-order valence-corrected chi connectivity index (χ3v) is 3.13. The molecule has 1 aliphatic heterocycles. The number of hydrogen-bond donors (Lipinski definition) is 1. The Morgan fingerprint density at radius 2 is 2.53 bits per heavy atom. The van der Waals surface area contributed by atoms with Gasteiger partial charge in [0.2, 0.25) is 5.91 Å². The molecule has 17 heavy (non-hydrogen) atoms. The van der Waals surface area contributed by atoms with Crippen molar-refractivity contribution in [3.63, 3.8) is 0 Å². The largest absolute Gasteiger partial charge is 0.394 e. The zero-order valence-corrected chi connectivity index (χ0v) is 9.91. The van der Waals surface area contributed by atoms with Crippen molar-refractivity contribution in [2.75, 3.05) is 13.2 Å². The van der Waals surface area contributed by atoms with Crippen LogP contribution in [0.25, 0.3) is 6.08 Å². The molecule has 5 heteroatoms. The highest BCUT2D eigenvalue weighted by atomic mass is 16.3. The summed E-state index contributed by atoms with van der Waals surface area (Å²) in [6.45, 7) is 0.783. The van der Waals surface area contributed by atoms with E-state index in [0.29, 0.717) is 0 Å². The molecular formula is C12H17N3O2. The van der Waals surface area contributed by atoms with Gasteiger partial charge in [-0.3, -0.25) is 9.48 Å². The van der Waals surface area contributed by atoms with Gasteiger partial charge in [-0.2, -0.15) is 5.10 Å². The Morgan fingerprint density at radius 1 is 1.71 bits per heavy atom. The van der Waals surface area contributed by atoms with E-state index in [9.17, 15) is 4.79 Å². The lowest BCUT2D eigenvalue weighted by Gasteiger charge is -2.21. The van der Waals surface area contributed by atoms with Crippen LogP contribution in [0.2, 0.25) is 0 Å². The molecule has 5 nitrogen and oxygen atoms in total. The van der Waals surface area contributed by atoms with Crippen molar-refractivity contribution in [1.82, 2.24) is 14.7 Å². The van der Waals surface area contributed by atoms with E-state index in [-0.39, 0.29) is 18.6 Å². The van der Waals surface area contributed by atoms with Crippen LogP contribution in [0.1, 0.15) is 18.5 Å². The predicted molar refractivity (Wildman–Crippen MR) is 64.1 cm³/mol. The van der Waals surface area contributed by atoms with Crippen LogP contribution >= 0.6 is 0 Å². The maximum atomic E-state index is 11.9. The Balaban J connectivity index is 2.02. The number of aromatic nitrogens is 2. The van der Waals surface area contributed by atoms with Crippen LogP contribution in [0.5, 0.6) is 0 Å². The molecule has 1 aromatic heterocycles. The summed E-state index contributed by atoms with van der Waals surface area (Å²) in [6.07, 6.45) is 6.85. The topological polar surface area (TPSA) is 58.4 Å². The first kappa shape index (κ1) is 11.9. The number of aryl methyl sites for hydroxylation is 1. The second-order valence-corrected chi connectivity index (χ2v) is 4.22. The van der Waals surface area contributed by atoms with Gasteiger partial charge in [0.1, 0.15) is 0 Å². The molecule has 2 heterocycles. The molecule has 1 fully saturated rings. The summed E-state index contributed by atoms with van der Waals surface area (Å²) >= 11 is 0. The number of carbonyl (C=O) groups is 1. The van der Waals surface area contributed by atoms with Crippen molar-refractivity contribution in [2.24, 2.45) is 7.05 Å². The first-order valence-corrected chi connectivity index (χ1v) is 5.80. The summed E-state index contributed by atoms with van der Waals surface area (Å²) in [6, 6.07) is 1.83. The van der Waals surface area contributed by atoms with E-state index in [1.807, 2.05) is 13.1 Å². The van der Waals surface area contributed by atoms with Crippen molar-refractivity contribution in [2.45, 2.75) is 18.9 Å². The van der Waals surface area contributed by atoms with Gasteiger partial charge in [0.05, 0.1) is 18.3 Å². The fourth-order valence-electron chi connectivity index (χ4n) is 2.12. The van der Waals surface area contributed by atoms with Crippen LogP contribution < -0.4 is 0 Å². The summed E-state index contributed by atoms with van der Waals surface area (Å²) in [4.78, 5) is 13.6. The summed E-state index contributed by atoms with van der Waals surface area (Å²) in [5.74, 6) is -0.0391. The summed E-state index contributed by atoms with van der Waals surface area (Å²) in [5.41, 5.74) is 0.887. The Kier molecular flexibility index (Phi) is 3.58. The molecule has 1 aromatic rings. The number of likely N-dealkylation sites (tertiary alicyclic amines) is 1. The molecule has 1 aliphatic rings. The Labute approximate surface area is 100 Å². The molecule has 0 saturated carbocycles. The third kappa shape index (κ3) is 2.55. The lowest BCUT2D eigenvalue weighted by molar-refractivity contribution is -0.127. The summed E-state index contributed by atoms with van der Waals surface area (Å²) in [5, 5.41) is 13.2. The molecular weight excluding hydrogens is 218 g/mol. The third-order valence-electron chi connectivity index (χ3n) is 3.13. The molecule has 0 bridgehead atoms. The second kappa shape index (κ2) is 5.14. The molecule has 1 atom stereocenters. The van der Waals surface area contributed by atoms with Crippen LogP contribution in [0.3, 0.4) is 0 Å². The highest BCUT2D eigenvalue weighted by molar-refractivity contribution is 5.91. The van der Waals surface area contributed by atoms with E-state index in [4.69, 9.17) is 5.11 Å². The van der Waals surface area contributed by atoms with E-state index in [1.165, 1.54) is 0 Å². The number of aliphatic hydroxyl groups excluding tert-OH is 1. The Morgan fingerprint density at radius 3 is 3.18 bits per heavy atom. The van der Waals surface area contributed by atoms with Gasteiger partial charge in [0, 0.05) is 25.9 Å². The average molecular weight is 235 g/mol. The molecule has 1 N–H and O–H groups in total. The number of nitrogens with zero attached hydrogens (tertiary/aromatic N) is 3. The van der Waals surface area contributed by atoms with E-state index in [1.54, 1.807) is 27.9 Å². The fourth-order valence-corrected chi connectivity index (χ4v) is 2.12. The zero-order valence-electron chi connectivity index (χ0n) is 9.91. The first-order valence-electron chi connectivity index (χ1n) is 5.80. The van der Waals surface area contributed by atoms with Crippen LogP contribution in [-0.4, -0.2) is 44.9 Å². The second-order valence-electron chi connectivity index (χ2n) is 4.22. The summed E-state index contributed by atoms with van der Waals surface area (Å²) < 4.78 is 1.71. The van der Waals surface area contributed by atoms with E-state index >= 15 is 0 Å². The van der Waals surface area contributed by atoms with Gasteiger partial charge in [-0.1, -0.05) is 0 Å². The van der Waals surface area contributed by atoms with Gasteiger partial charge in [0.15, 0.2) is 0 Å². The fraction of sp³-hybridized carbons (Fsp3) is 0.500. The minimum absolute atomic E-state index is 0.0151. The van der Waals surface area contributed by atoms with Crippen LogP contribution in [0, 0.1) is 0 Å². The predicted octanol–water partition coefficient (Wildman–Crippen LogP) is 0.417. The first-order chi connectivity index (χ1) is 8.22. The normalized spacial score (nSPS) is 20.4. The highest BCUT2D eigenvalue weighted by Gasteiger charge is 2.26. The lowest BCUT2D eigenvalue weighted by Crippen LogP contribution is -2.36. The van der Waals surface area contributed by atoms with Gasteiger partial charge < -0.3 is 10.0 Å². The lowest BCUT2D eigenvalue weighted by atomic mass is 10.2. The van der Waals surface area contributed by atoms with Crippen molar-refractivity contribution in [1.29, 1.82) is 0 Å². The number of hydrogen-bond acceptors (Lipinski definition) is 3. The summed E-state index contributed by atoms with van der Waals surface area (Å²) in [7, 11) is 1.83. The number of carbonyl (C=O) groups excluding carboxylic acids is 1. The van der Waals surface area contributed by atoms with Crippen LogP contribution in [-0.2, 0) is 11.8 Å². The molecule has 92 valence electrons. The highest BCUT2D eigenvalue weighted by Crippen LogP contribution is 2.17. The van der Waals surface area contributed by atoms with Gasteiger partial charge in [-0.05, 0) is 25.0 Å². The van der Waals surface area contributed by atoms with E-state index < -0.39 is 0 Å². The molecule has 0 aliphatic carbocycles. The molecule has 1 unspecified atom stereocenters. The number of rotatable bonds is 3. The number of amides is 1. The monoisotopic (exact) mass is 235 g/mol. The minimum Gasteiger partial charge on any atom is -0.394 e. The quantitative estimate of drug-likeness (QED) is 0.772. The smallest absolute Gasteiger partial charge is 0.246 e. The van der Waals surface area contributed by atoms with Gasteiger partial charge in [0.25, 0.3) is 0 Å². The minimum atomic E-state index is -0.0391. The molecule has 2 rings (SSSR count). The Hall–Kier alpha value is -1.62. The van der Waals surface area contributed by atoms with Crippen molar-refractivity contribution in [3.8, 4) is 0 Å². The van der Waals surface area contributed by atoms with Gasteiger partial charge in [-0.15, -0.1) is 0 Å². The van der Waals surface area contributed by atoms with Crippen molar-refractivity contribution >= 4 is 12.0 Å².